The zero-order valence-electron chi connectivity index (χ0n) is 8.06. The smallest absolute Gasteiger partial charge is 0.231 e. The maximum atomic E-state index is 11.1. The lowest BCUT2D eigenvalue weighted by atomic mass is 10.1. The van der Waals surface area contributed by atoms with Gasteiger partial charge in [-0.1, -0.05) is 45.2 Å². The lowest BCUT2D eigenvalue weighted by molar-refractivity contribution is -0.119. The minimum atomic E-state index is -0.125. The van der Waals surface area contributed by atoms with Crippen LogP contribution in [0.5, 0.6) is 0 Å². The third-order valence-corrected chi connectivity index (χ3v) is 3.00. The molecule has 0 saturated heterocycles. The molecule has 5 heteroatoms. The van der Waals surface area contributed by atoms with Gasteiger partial charge in [0.15, 0.2) is 0 Å². The first kappa shape index (κ1) is 12.8. The van der Waals surface area contributed by atoms with Crippen LogP contribution in [-0.2, 0) is 4.79 Å². The molecule has 1 unspecified atom stereocenters. The average molecular weight is 311 g/mol. The Morgan fingerprint density at radius 2 is 2.20 bits per heavy atom. The van der Waals surface area contributed by atoms with E-state index in [1.165, 1.54) is 0 Å². The predicted molar refractivity (Wildman–Crippen MR) is 66.8 cm³/mol. The van der Waals surface area contributed by atoms with Crippen molar-refractivity contribution in [2.45, 2.75) is 13.0 Å². The summed E-state index contributed by atoms with van der Waals surface area (Å²) in [6.45, 7) is 1.87. The fourth-order valence-corrected chi connectivity index (χ4v) is 1.94. The van der Waals surface area contributed by atoms with E-state index in [0.717, 1.165) is 5.56 Å². The molecule has 1 amide bonds. The summed E-state index contributed by atoms with van der Waals surface area (Å²) in [5.41, 5.74) is 0.857. The molecule has 0 fully saturated rings. The molecule has 0 aliphatic rings. The number of rotatable bonds is 3. The lowest BCUT2D eigenvalue weighted by Gasteiger charge is -2.15. The fourth-order valence-electron chi connectivity index (χ4n) is 1.21. The van der Waals surface area contributed by atoms with Gasteiger partial charge in [0.05, 0.1) is 11.4 Å². The molecule has 0 aliphatic heterocycles. The van der Waals surface area contributed by atoms with E-state index in [4.69, 9.17) is 23.2 Å². The summed E-state index contributed by atoms with van der Waals surface area (Å²) in [4.78, 5) is 11.1. The van der Waals surface area contributed by atoms with E-state index < -0.39 is 0 Å². The van der Waals surface area contributed by atoms with Crippen molar-refractivity contribution in [2.75, 3.05) is 5.33 Å². The van der Waals surface area contributed by atoms with Gasteiger partial charge in [-0.05, 0) is 24.6 Å². The zero-order valence-corrected chi connectivity index (χ0v) is 11.2. The number of hydrogen-bond acceptors (Lipinski definition) is 1. The molecule has 1 aromatic carbocycles. The van der Waals surface area contributed by atoms with E-state index in [9.17, 15) is 4.79 Å². The Kier molecular flexibility index (Phi) is 4.90. The molecule has 0 aliphatic carbocycles. The number of hydrogen-bond donors (Lipinski definition) is 1. The van der Waals surface area contributed by atoms with Crippen molar-refractivity contribution in [3.05, 3.63) is 33.8 Å². The van der Waals surface area contributed by atoms with Crippen molar-refractivity contribution in [3.8, 4) is 0 Å². The Hall–Kier alpha value is -0.250. The van der Waals surface area contributed by atoms with Gasteiger partial charge in [-0.25, -0.2) is 0 Å². The molecule has 0 radical (unpaired) electrons. The molecule has 0 spiro atoms. The van der Waals surface area contributed by atoms with E-state index >= 15 is 0 Å². The van der Waals surface area contributed by atoms with Crippen LogP contribution in [-0.4, -0.2) is 11.2 Å². The van der Waals surface area contributed by atoms with Crippen molar-refractivity contribution >= 4 is 45.0 Å². The molecule has 0 heterocycles. The summed E-state index contributed by atoms with van der Waals surface area (Å²) >= 11 is 14.9. The van der Waals surface area contributed by atoms with Gasteiger partial charge < -0.3 is 5.32 Å². The number of alkyl halides is 1. The summed E-state index contributed by atoms with van der Waals surface area (Å²) in [5, 5.41) is 4.22. The highest BCUT2D eigenvalue weighted by molar-refractivity contribution is 9.09. The van der Waals surface area contributed by atoms with Crippen LogP contribution in [0.25, 0.3) is 0 Å². The van der Waals surface area contributed by atoms with Gasteiger partial charge >= 0.3 is 0 Å². The summed E-state index contributed by atoms with van der Waals surface area (Å²) in [7, 11) is 0. The second-order valence-corrected chi connectivity index (χ2v) is 4.49. The topological polar surface area (TPSA) is 29.1 Å². The van der Waals surface area contributed by atoms with E-state index in [-0.39, 0.29) is 17.3 Å². The molecular formula is C10H10BrCl2NO. The Morgan fingerprint density at radius 1 is 1.53 bits per heavy atom. The van der Waals surface area contributed by atoms with Crippen molar-refractivity contribution in [1.82, 2.24) is 5.32 Å². The highest BCUT2D eigenvalue weighted by Crippen LogP contribution is 2.25. The maximum absolute atomic E-state index is 11.1. The van der Waals surface area contributed by atoms with Gasteiger partial charge in [0, 0.05) is 10.0 Å². The summed E-state index contributed by atoms with van der Waals surface area (Å²) in [6.07, 6.45) is 0. The molecule has 0 saturated carbocycles. The average Bonchev–Trinajstić information content (AvgIpc) is 2.17. The molecule has 15 heavy (non-hydrogen) atoms. The fraction of sp³-hybridized carbons (Fsp3) is 0.300. The largest absolute Gasteiger partial charge is 0.349 e. The second-order valence-electron chi connectivity index (χ2n) is 3.09. The van der Waals surface area contributed by atoms with Crippen molar-refractivity contribution in [3.63, 3.8) is 0 Å². The van der Waals surface area contributed by atoms with E-state index in [0.29, 0.717) is 10.0 Å². The molecule has 0 aromatic heterocycles. The van der Waals surface area contributed by atoms with Crippen LogP contribution in [0.2, 0.25) is 10.0 Å². The lowest BCUT2D eigenvalue weighted by Crippen LogP contribution is -2.27. The van der Waals surface area contributed by atoms with Crippen LogP contribution in [0, 0.1) is 0 Å². The molecular weight excluding hydrogens is 301 g/mol. The second kappa shape index (κ2) is 5.73. The molecule has 1 N–H and O–H groups in total. The highest BCUT2D eigenvalue weighted by Gasteiger charge is 2.11. The zero-order chi connectivity index (χ0) is 11.4. The molecule has 2 nitrogen and oxygen atoms in total. The van der Waals surface area contributed by atoms with Crippen LogP contribution < -0.4 is 5.32 Å². The molecule has 0 bridgehead atoms. The standard InChI is InChI=1S/C10H10BrCl2NO/c1-6(14-10(15)5-11)8-3-2-7(12)4-9(8)13/h2-4,6H,5H2,1H3,(H,14,15). The SMILES string of the molecule is CC(NC(=O)CBr)c1ccc(Cl)cc1Cl. The van der Waals surface area contributed by atoms with Gasteiger partial charge in [0.2, 0.25) is 5.91 Å². The van der Waals surface area contributed by atoms with Crippen LogP contribution in [0.4, 0.5) is 0 Å². The first-order chi connectivity index (χ1) is 7.04. The Bertz CT molecular complexity index is 370. The quantitative estimate of drug-likeness (QED) is 0.850. The first-order valence-corrected chi connectivity index (χ1v) is 6.22. The van der Waals surface area contributed by atoms with Crippen molar-refractivity contribution in [2.24, 2.45) is 0 Å². The normalized spacial score (nSPS) is 12.3. The van der Waals surface area contributed by atoms with Gasteiger partial charge in [0.25, 0.3) is 0 Å². The number of carbonyl (C=O) groups excluding carboxylic acids is 1. The van der Waals surface area contributed by atoms with Crippen molar-refractivity contribution < 1.29 is 4.79 Å². The monoisotopic (exact) mass is 309 g/mol. The van der Waals surface area contributed by atoms with Crippen LogP contribution >= 0.6 is 39.1 Å². The van der Waals surface area contributed by atoms with Crippen LogP contribution in [0.3, 0.4) is 0 Å². The summed E-state index contributed by atoms with van der Waals surface area (Å²) in [5.74, 6) is -0.0754. The Labute approximate surface area is 107 Å². The Balaban J connectivity index is 2.82. The number of amides is 1. The van der Waals surface area contributed by atoms with E-state index in [2.05, 4.69) is 21.2 Å². The number of nitrogens with one attached hydrogen (secondary N) is 1. The number of carbonyl (C=O) groups is 1. The predicted octanol–water partition coefficient (Wildman–Crippen LogP) is 3.57. The minimum absolute atomic E-state index is 0.0754. The number of benzene rings is 1. The minimum Gasteiger partial charge on any atom is -0.349 e. The third-order valence-electron chi connectivity index (χ3n) is 1.93. The van der Waals surface area contributed by atoms with Crippen molar-refractivity contribution in [1.29, 1.82) is 0 Å². The summed E-state index contributed by atoms with van der Waals surface area (Å²) in [6, 6.07) is 5.10. The molecule has 1 aromatic rings. The maximum Gasteiger partial charge on any atom is 0.231 e. The van der Waals surface area contributed by atoms with Gasteiger partial charge in [0.1, 0.15) is 0 Å². The van der Waals surface area contributed by atoms with Gasteiger partial charge in [-0.3, -0.25) is 4.79 Å². The highest BCUT2D eigenvalue weighted by atomic mass is 79.9. The van der Waals surface area contributed by atoms with Crippen LogP contribution in [0.15, 0.2) is 18.2 Å². The van der Waals surface area contributed by atoms with E-state index in [1.54, 1.807) is 12.1 Å². The van der Waals surface area contributed by atoms with Crippen LogP contribution in [0.1, 0.15) is 18.5 Å². The van der Waals surface area contributed by atoms with Gasteiger partial charge in [-0.2, -0.15) is 0 Å². The molecule has 1 atom stereocenters. The van der Waals surface area contributed by atoms with Gasteiger partial charge in [-0.15, -0.1) is 0 Å². The first-order valence-electron chi connectivity index (χ1n) is 4.35. The van der Waals surface area contributed by atoms with E-state index in [1.807, 2.05) is 13.0 Å². The molecule has 1 rings (SSSR count). The third kappa shape index (κ3) is 3.67. The Morgan fingerprint density at radius 3 is 2.73 bits per heavy atom. The number of halogens is 3. The molecule has 82 valence electrons. The summed E-state index contributed by atoms with van der Waals surface area (Å²) < 4.78 is 0.